The van der Waals surface area contributed by atoms with Crippen LogP contribution in [0.25, 0.3) is 11.4 Å². The van der Waals surface area contributed by atoms with Gasteiger partial charge in [-0.25, -0.2) is 9.97 Å². The van der Waals surface area contributed by atoms with Crippen molar-refractivity contribution >= 4 is 33.7 Å². The number of aryl methyl sites for hydroxylation is 2. The Morgan fingerprint density at radius 1 is 1.18 bits per heavy atom. The van der Waals surface area contributed by atoms with Gasteiger partial charge in [-0.05, 0) is 38.1 Å². The van der Waals surface area contributed by atoms with Gasteiger partial charge in [0.25, 0.3) is 5.91 Å². The van der Waals surface area contributed by atoms with Crippen LogP contribution in [0.5, 0.6) is 5.75 Å². The second-order valence-corrected chi connectivity index (χ2v) is 7.56. The number of amides is 1. The zero-order chi connectivity index (χ0) is 19.5. The molecule has 0 aliphatic rings. The van der Waals surface area contributed by atoms with Crippen molar-refractivity contribution in [1.82, 2.24) is 15.1 Å². The quantitative estimate of drug-likeness (QED) is 0.494. The molecule has 28 heavy (non-hydrogen) atoms. The number of thiazole rings is 2. The second-order valence-electron chi connectivity index (χ2n) is 5.98. The monoisotopic (exact) mass is 412 g/mol. The lowest BCUT2D eigenvalue weighted by atomic mass is 10.2. The maximum atomic E-state index is 12.4. The molecule has 0 atom stereocenters. The normalized spacial score (nSPS) is 10.8. The summed E-state index contributed by atoms with van der Waals surface area (Å²) in [5, 5.41) is 11.0. The van der Waals surface area contributed by atoms with Crippen LogP contribution in [0.1, 0.15) is 27.4 Å². The van der Waals surface area contributed by atoms with Crippen molar-refractivity contribution < 1.29 is 14.1 Å². The molecule has 9 heteroatoms. The Kier molecular flexibility index (Phi) is 5.18. The second kappa shape index (κ2) is 7.91. The predicted molar refractivity (Wildman–Crippen MR) is 108 cm³/mol. The summed E-state index contributed by atoms with van der Waals surface area (Å²) in [7, 11) is 0. The molecule has 0 radical (unpaired) electrons. The van der Waals surface area contributed by atoms with Gasteiger partial charge in [0.05, 0.1) is 16.8 Å². The minimum atomic E-state index is -0.226. The van der Waals surface area contributed by atoms with E-state index in [9.17, 15) is 4.79 Å². The maximum absolute atomic E-state index is 12.4. The van der Waals surface area contributed by atoms with Gasteiger partial charge in [0, 0.05) is 16.3 Å². The number of aromatic nitrogens is 3. The van der Waals surface area contributed by atoms with Gasteiger partial charge in [0.1, 0.15) is 29.5 Å². The molecule has 7 nitrogen and oxygen atoms in total. The molecule has 0 aliphatic heterocycles. The third kappa shape index (κ3) is 3.95. The molecule has 0 saturated carbocycles. The average molecular weight is 412 g/mol. The SMILES string of the molecule is Cc1noc(C)c1COc1ccc(C(=O)Nc2nc(-c3cscn3)cs2)cc1. The minimum Gasteiger partial charge on any atom is -0.489 e. The van der Waals surface area contributed by atoms with E-state index < -0.39 is 0 Å². The standard InChI is InChI=1S/C19H16N4O3S2/c1-11-15(12(2)26-23-11)7-25-14-5-3-13(4-6-14)18(24)22-19-21-17(9-28-19)16-8-27-10-20-16/h3-6,8-10H,7H2,1-2H3,(H,21,22,24). The van der Waals surface area contributed by atoms with Gasteiger partial charge < -0.3 is 9.26 Å². The molecular formula is C19H16N4O3S2. The highest BCUT2D eigenvalue weighted by molar-refractivity contribution is 7.14. The lowest BCUT2D eigenvalue weighted by Gasteiger charge is -2.07. The molecule has 1 aromatic carbocycles. The van der Waals surface area contributed by atoms with Crippen LogP contribution in [0.15, 0.2) is 45.1 Å². The third-order valence-electron chi connectivity index (χ3n) is 4.10. The topological polar surface area (TPSA) is 90.1 Å². The van der Waals surface area contributed by atoms with Crippen molar-refractivity contribution in [2.45, 2.75) is 20.5 Å². The molecule has 0 spiro atoms. The van der Waals surface area contributed by atoms with Crippen LogP contribution in [0, 0.1) is 13.8 Å². The fourth-order valence-electron chi connectivity index (χ4n) is 2.52. The van der Waals surface area contributed by atoms with Crippen LogP contribution in [0.3, 0.4) is 0 Å². The lowest BCUT2D eigenvalue weighted by Crippen LogP contribution is -2.11. The number of nitrogens with one attached hydrogen (secondary N) is 1. The summed E-state index contributed by atoms with van der Waals surface area (Å²) >= 11 is 2.87. The first-order valence-electron chi connectivity index (χ1n) is 8.40. The molecule has 3 aromatic heterocycles. The van der Waals surface area contributed by atoms with Crippen molar-refractivity contribution in [3.8, 4) is 17.1 Å². The summed E-state index contributed by atoms with van der Waals surface area (Å²) in [6.07, 6.45) is 0. The highest BCUT2D eigenvalue weighted by Crippen LogP contribution is 2.25. The number of ether oxygens (including phenoxy) is 1. The van der Waals surface area contributed by atoms with Gasteiger partial charge in [-0.3, -0.25) is 10.1 Å². The first-order chi connectivity index (χ1) is 13.6. The fraction of sp³-hybridized carbons (Fsp3) is 0.158. The van der Waals surface area contributed by atoms with Crippen LogP contribution < -0.4 is 10.1 Å². The number of anilines is 1. The zero-order valence-electron chi connectivity index (χ0n) is 15.1. The number of benzene rings is 1. The van der Waals surface area contributed by atoms with Crippen molar-refractivity contribution in [3.05, 3.63) is 63.1 Å². The Morgan fingerprint density at radius 2 is 2.00 bits per heavy atom. The number of rotatable bonds is 6. The Labute approximate surface area is 169 Å². The molecule has 0 aliphatic carbocycles. The van der Waals surface area contributed by atoms with E-state index in [1.54, 1.807) is 29.8 Å². The summed E-state index contributed by atoms with van der Waals surface area (Å²) in [4.78, 5) is 21.1. The smallest absolute Gasteiger partial charge is 0.257 e. The zero-order valence-corrected chi connectivity index (χ0v) is 16.8. The van der Waals surface area contributed by atoms with Crippen molar-refractivity contribution in [2.75, 3.05) is 5.32 Å². The van der Waals surface area contributed by atoms with Gasteiger partial charge in [-0.1, -0.05) is 5.16 Å². The fourth-order valence-corrected chi connectivity index (χ4v) is 3.77. The Hall–Kier alpha value is -3.04. The summed E-state index contributed by atoms with van der Waals surface area (Å²) < 4.78 is 10.9. The van der Waals surface area contributed by atoms with Gasteiger partial charge in [0.15, 0.2) is 5.13 Å². The number of hydrogen-bond acceptors (Lipinski definition) is 8. The third-order valence-corrected chi connectivity index (χ3v) is 5.44. The summed E-state index contributed by atoms with van der Waals surface area (Å²) in [5.41, 5.74) is 5.58. The van der Waals surface area contributed by atoms with Crippen LogP contribution in [0.4, 0.5) is 5.13 Å². The molecular weight excluding hydrogens is 396 g/mol. The maximum Gasteiger partial charge on any atom is 0.257 e. The molecule has 3 heterocycles. The van der Waals surface area contributed by atoms with Gasteiger partial charge >= 0.3 is 0 Å². The number of hydrogen-bond donors (Lipinski definition) is 1. The average Bonchev–Trinajstić information content (AvgIpc) is 3.43. The molecule has 0 unspecified atom stereocenters. The lowest BCUT2D eigenvalue weighted by molar-refractivity contribution is 0.102. The van der Waals surface area contributed by atoms with Gasteiger partial charge in [-0.2, -0.15) is 0 Å². The molecule has 4 aromatic rings. The van der Waals surface area contributed by atoms with E-state index in [-0.39, 0.29) is 5.91 Å². The molecule has 0 saturated heterocycles. The van der Waals surface area contributed by atoms with Crippen LogP contribution in [0.2, 0.25) is 0 Å². The number of nitrogens with zero attached hydrogens (tertiary/aromatic N) is 3. The molecule has 0 bridgehead atoms. The van der Waals surface area contributed by atoms with Gasteiger partial charge in [-0.15, -0.1) is 22.7 Å². The minimum absolute atomic E-state index is 0.226. The van der Waals surface area contributed by atoms with Crippen LogP contribution >= 0.6 is 22.7 Å². The van der Waals surface area contributed by atoms with Crippen molar-refractivity contribution in [1.29, 1.82) is 0 Å². The summed E-state index contributed by atoms with van der Waals surface area (Å²) in [5.74, 6) is 1.18. The molecule has 0 fully saturated rings. The predicted octanol–water partition coefficient (Wildman–Crippen LogP) is 4.70. The Balaban J connectivity index is 1.37. The first kappa shape index (κ1) is 18.3. The van der Waals surface area contributed by atoms with E-state index in [0.29, 0.717) is 23.1 Å². The molecule has 1 N–H and O–H groups in total. The van der Waals surface area contributed by atoms with Crippen molar-refractivity contribution in [3.63, 3.8) is 0 Å². The van der Waals surface area contributed by atoms with Crippen LogP contribution in [-0.2, 0) is 6.61 Å². The molecule has 4 rings (SSSR count). The van der Waals surface area contributed by atoms with E-state index in [1.807, 2.05) is 24.6 Å². The largest absolute Gasteiger partial charge is 0.489 e. The first-order valence-corrected chi connectivity index (χ1v) is 10.2. The number of carbonyl (C=O) groups excluding carboxylic acids is 1. The van der Waals surface area contributed by atoms with E-state index >= 15 is 0 Å². The Morgan fingerprint density at radius 3 is 2.68 bits per heavy atom. The highest BCUT2D eigenvalue weighted by atomic mass is 32.1. The summed E-state index contributed by atoms with van der Waals surface area (Å²) in [6.45, 7) is 4.09. The molecule has 142 valence electrons. The van der Waals surface area contributed by atoms with Gasteiger partial charge in [0.2, 0.25) is 0 Å². The van der Waals surface area contributed by atoms with E-state index in [4.69, 9.17) is 9.26 Å². The summed E-state index contributed by atoms with van der Waals surface area (Å²) in [6, 6.07) is 6.95. The van der Waals surface area contributed by atoms with E-state index in [1.165, 1.54) is 22.7 Å². The molecule has 1 amide bonds. The Bertz CT molecular complexity index is 1070. The van der Waals surface area contributed by atoms with Crippen LogP contribution in [-0.4, -0.2) is 21.0 Å². The number of carbonyl (C=O) groups is 1. The van der Waals surface area contributed by atoms with E-state index in [2.05, 4.69) is 20.4 Å². The van der Waals surface area contributed by atoms with Crippen molar-refractivity contribution in [2.24, 2.45) is 0 Å². The highest BCUT2D eigenvalue weighted by Gasteiger charge is 2.12. The van der Waals surface area contributed by atoms with E-state index in [0.717, 1.165) is 28.4 Å².